The van der Waals surface area contributed by atoms with E-state index in [4.69, 9.17) is 16.3 Å². The number of ether oxygens (including phenoxy) is 1. The van der Waals surface area contributed by atoms with Gasteiger partial charge in [0.1, 0.15) is 11.6 Å². The molecule has 2 aromatic carbocycles. The molecule has 0 spiro atoms. The summed E-state index contributed by atoms with van der Waals surface area (Å²) in [6.07, 6.45) is 3.05. The first kappa shape index (κ1) is 14.8. The smallest absolute Gasteiger partial charge is 0.331 e. The highest BCUT2D eigenvalue weighted by Crippen LogP contribution is 2.22. The summed E-state index contributed by atoms with van der Waals surface area (Å²) in [7, 11) is 0. The maximum absolute atomic E-state index is 11.7. The van der Waals surface area contributed by atoms with Gasteiger partial charge in [-0.2, -0.15) is 0 Å². The van der Waals surface area contributed by atoms with Gasteiger partial charge in [-0.3, -0.25) is 0 Å². The number of para-hydroxylation sites is 1. The summed E-state index contributed by atoms with van der Waals surface area (Å²) < 4.78 is 6.26. The SMILES string of the molecule is O=C(/C=C/c1nc2ccccc2s1)OCc1ccccc1Cl. The highest BCUT2D eigenvalue weighted by Gasteiger charge is 2.04. The van der Waals surface area contributed by atoms with Crippen LogP contribution in [0.3, 0.4) is 0 Å². The molecule has 0 fully saturated rings. The summed E-state index contributed by atoms with van der Waals surface area (Å²) in [6.45, 7) is 0.155. The zero-order valence-corrected chi connectivity index (χ0v) is 13.1. The number of carbonyl (C=O) groups is 1. The van der Waals surface area contributed by atoms with E-state index in [1.807, 2.05) is 42.5 Å². The molecule has 22 heavy (non-hydrogen) atoms. The fraction of sp³-hybridized carbons (Fsp3) is 0.0588. The van der Waals surface area contributed by atoms with Gasteiger partial charge < -0.3 is 4.74 Å². The third kappa shape index (κ3) is 3.53. The predicted octanol–water partition coefficient (Wildman–Crippen LogP) is 4.71. The van der Waals surface area contributed by atoms with Crippen molar-refractivity contribution in [2.24, 2.45) is 0 Å². The normalized spacial score (nSPS) is 11.1. The molecule has 3 aromatic rings. The number of thiazole rings is 1. The molecule has 3 nitrogen and oxygen atoms in total. The molecule has 0 atom stereocenters. The van der Waals surface area contributed by atoms with E-state index >= 15 is 0 Å². The fourth-order valence-electron chi connectivity index (χ4n) is 1.91. The summed E-state index contributed by atoms with van der Waals surface area (Å²) in [5.41, 5.74) is 1.71. The molecule has 1 aromatic heterocycles. The lowest BCUT2D eigenvalue weighted by Gasteiger charge is -2.03. The molecule has 0 aliphatic heterocycles. The van der Waals surface area contributed by atoms with Crippen LogP contribution >= 0.6 is 22.9 Å². The number of hydrogen-bond donors (Lipinski definition) is 0. The van der Waals surface area contributed by atoms with Crippen LogP contribution in [0.2, 0.25) is 5.02 Å². The molecule has 0 aliphatic carbocycles. The summed E-state index contributed by atoms with van der Waals surface area (Å²) in [6, 6.07) is 15.1. The van der Waals surface area contributed by atoms with Crippen molar-refractivity contribution in [2.45, 2.75) is 6.61 Å². The quantitative estimate of drug-likeness (QED) is 0.514. The summed E-state index contributed by atoms with van der Waals surface area (Å²) in [4.78, 5) is 16.2. The Morgan fingerprint density at radius 2 is 1.95 bits per heavy atom. The van der Waals surface area contributed by atoms with E-state index in [0.29, 0.717) is 5.02 Å². The number of fused-ring (bicyclic) bond motifs is 1. The Bertz CT molecular complexity index is 808. The number of esters is 1. The second-order valence-corrected chi connectivity index (χ2v) is 6.02. The first-order chi connectivity index (χ1) is 10.7. The minimum atomic E-state index is -0.417. The van der Waals surface area contributed by atoms with E-state index in [9.17, 15) is 4.79 Å². The molecule has 0 radical (unpaired) electrons. The molecule has 0 saturated carbocycles. The number of halogens is 1. The standard InChI is InChI=1S/C17H12ClNO2S/c18-13-6-2-1-5-12(13)11-21-17(20)10-9-16-19-14-7-3-4-8-15(14)22-16/h1-10H,11H2/b10-9+. The monoisotopic (exact) mass is 329 g/mol. The lowest BCUT2D eigenvalue weighted by Crippen LogP contribution is -2.01. The van der Waals surface area contributed by atoms with Crippen molar-refractivity contribution in [3.05, 3.63) is 70.2 Å². The van der Waals surface area contributed by atoms with Gasteiger partial charge in [-0.25, -0.2) is 9.78 Å². The Balaban J connectivity index is 1.62. The number of carbonyl (C=O) groups excluding carboxylic acids is 1. The largest absolute Gasteiger partial charge is 0.458 e. The number of aromatic nitrogens is 1. The molecule has 110 valence electrons. The maximum atomic E-state index is 11.7. The molecule has 1 heterocycles. The third-order valence-electron chi connectivity index (χ3n) is 3.00. The number of nitrogens with zero attached hydrogens (tertiary/aromatic N) is 1. The lowest BCUT2D eigenvalue weighted by molar-refractivity contribution is -0.138. The average molecular weight is 330 g/mol. The fourth-order valence-corrected chi connectivity index (χ4v) is 2.97. The molecule has 0 unspecified atom stereocenters. The van der Waals surface area contributed by atoms with Crippen LogP contribution in [-0.4, -0.2) is 11.0 Å². The van der Waals surface area contributed by atoms with E-state index in [1.165, 1.54) is 17.4 Å². The Morgan fingerprint density at radius 1 is 1.18 bits per heavy atom. The van der Waals surface area contributed by atoms with Crippen LogP contribution in [0.25, 0.3) is 16.3 Å². The van der Waals surface area contributed by atoms with Crippen molar-refractivity contribution in [3.8, 4) is 0 Å². The molecule has 3 rings (SSSR count). The van der Waals surface area contributed by atoms with Crippen LogP contribution in [0.15, 0.2) is 54.6 Å². The van der Waals surface area contributed by atoms with Crippen molar-refractivity contribution in [1.29, 1.82) is 0 Å². The van der Waals surface area contributed by atoms with Gasteiger partial charge >= 0.3 is 5.97 Å². The van der Waals surface area contributed by atoms with Crippen molar-refractivity contribution >= 4 is 45.2 Å². The zero-order chi connectivity index (χ0) is 15.4. The van der Waals surface area contributed by atoms with Crippen LogP contribution in [0, 0.1) is 0 Å². The lowest BCUT2D eigenvalue weighted by atomic mass is 10.2. The van der Waals surface area contributed by atoms with Crippen LogP contribution in [0.5, 0.6) is 0 Å². The summed E-state index contributed by atoms with van der Waals surface area (Å²) in [5, 5.41) is 1.36. The second-order valence-electron chi connectivity index (χ2n) is 4.55. The molecule has 0 bridgehead atoms. The number of rotatable bonds is 4. The van der Waals surface area contributed by atoms with Gasteiger partial charge in [0.05, 0.1) is 10.2 Å². The topological polar surface area (TPSA) is 39.2 Å². The molecule has 0 N–H and O–H groups in total. The van der Waals surface area contributed by atoms with Gasteiger partial charge in [0.15, 0.2) is 0 Å². The molecular weight excluding hydrogens is 318 g/mol. The van der Waals surface area contributed by atoms with Gasteiger partial charge in [-0.15, -0.1) is 11.3 Å². The zero-order valence-electron chi connectivity index (χ0n) is 11.5. The number of benzene rings is 2. The minimum Gasteiger partial charge on any atom is -0.458 e. The van der Waals surface area contributed by atoms with Crippen LogP contribution in [0.1, 0.15) is 10.6 Å². The minimum absolute atomic E-state index is 0.155. The number of hydrogen-bond acceptors (Lipinski definition) is 4. The van der Waals surface area contributed by atoms with Gasteiger partial charge in [0.25, 0.3) is 0 Å². The molecular formula is C17H12ClNO2S. The first-order valence-corrected chi connectivity index (χ1v) is 7.85. The maximum Gasteiger partial charge on any atom is 0.331 e. The Labute approximate surface area is 136 Å². The summed E-state index contributed by atoms with van der Waals surface area (Å²) >= 11 is 7.54. The van der Waals surface area contributed by atoms with E-state index in [-0.39, 0.29) is 6.61 Å². The van der Waals surface area contributed by atoms with E-state index in [2.05, 4.69) is 4.98 Å². The van der Waals surface area contributed by atoms with Gasteiger partial charge in [-0.05, 0) is 24.3 Å². The summed E-state index contributed by atoms with van der Waals surface area (Å²) in [5.74, 6) is -0.417. The highest BCUT2D eigenvalue weighted by molar-refractivity contribution is 7.19. The van der Waals surface area contributed by atoms with Gasteiger partial charge in [-0.1, -0.05) is 41.9 Å². The average Bonchev–Trinajstić information content (AvgIpc) is 2.95. The van der Waals surface area contributed by atoms with Crippen LogP contribution in [-0.2, 0) is 16.1 Å². The van der Waals surface area contributed by atoms with E-state index in [0.717, 1.165) is 20.8 Å². The van der Waals surface area contributed by atoms with Crippen LogP contribution in [0.4, 0.5) is 0 Å². The Hall–Kier alpha value is -2.17. The van der Waals surface area contributed by atoms with Gasteiger partial charge in [0, 0.05) is 16.7 Å². The molecule has 0 saturated heterocycles. The molecule has 0 aliphatic rings. The third-order valence-corrected chi connectivity index (χ3v) is 4.37. The van der Waals surface area contributed by atoms with Crippen molar-refractivity contribution in [2.75, 3.05) is 0 Å². The second kappa shape index (κ2) is 6.73. The predicted molar refractivity (Wildman–Crippen MR) is 89.9 cm³/mol. The van der Waals surface area contributed by atoms with E-state index < -0.39 is 5.97 Å². The Kier molecular flexibility index (Phi) is 4.51. The molecule has 0 amide bonds. The van der Waals surface area contributed by atoms with Crippen molar-refractivity contribution in [3.63, 3.8) is 0 Å². The van der Waals surface area contributed by atoms with E-state index in [1.54, 1.807) is 12.1 Å². The first-order valence-electron chi connectivity index (χ1n) is 6.66. The van der Waals surface area contributed by atoms with Crippen LogP contribution < -0.4 is 0 Å². The van der Waals surface area contributed by atoms with Gasteiger partial charge in [0.2, 0.25) is 0 Å². The van der Waals surface area contributed by atoms with Crippen molar-refractivity contribution < 1.29 is 9.53 Å². The Morgan fingerprint density at radius 3 is 2.77 bits per heavy atom. The molecule has 5 heteroatoms. The van der Waals surface area contributed by atoms with Crippen molar-refractivity contribution in [1.82, 2.24) is 4.98 Å². The highest BCUT2D eigenvalue weighted by atomic mass is 35.5.